The molecule has 9 unspecified atom stereocenters. The molecule has 1 amide bonds. The zero-order valence-electron chi connectivity index (χ0n) is 34.5. The highest BCUT2D eigenvalue weighted by Gasteiger charge is 2.44. The van der Waals surface area contributed by atoms with Crippen LogP contribution in [-0.2, 0) is 14.3 Å². The van der Waals surface area contributed by atoms with Gasteiger partial charge in [0.15, 0.2) is 6.29 Å². The summed E-state index contributed by atoms with van der Waals surface area (Å²) >= 11 is 0. The van der Waals surface area contributed by atoms with Crippen molar-refractivity contribution < 1.29 is 50.0 Å². The number of carbonyl (C=O) groups excluding carboxylic acids is 1. The van der Waals surface area contributed by atoms with Crippen molar-refractivity contribution in [2.75, 3.05) is 13.2 Å². The average Bonchev–Trinajstić information content (AvgIpc) is 3.17. The maximum absolute atomic E-state index is 13.0. The number of hydrogen-bond acceptors (Lipinski definition) is 10. The van der Waals surface area contributed by atoms with Crippen LogP contribution in [0.3, 0.4) is 0 Å². The zero-order chi connectivity index (χ0) is 39.8. The van der Waals surface area contributed by atoms with Crippen LogP contribution in [0, 0.1) is 0 Å². The highest BCUT2D eigenvalue weighted by Crippen LogP contribution is 2.23. The lowest BCUT2D eigenvalue weighted by atomic mass is 9.98. The van der Waals surface area contributed by atoms with E-state index < -0.39 is 74.2 Å². The Bertz CT molecular complexity index is 851. The fourth-order valence-electron chi connectivity index (χ4n) is 7.38. The Morgan fingerprint density at radius 2 is 0.963 bits per heavy atom. The predicted octanol–water partition coefficient (Wildman–Crippen LogP) is 6.72. The van der Waals surface area contributed by atoms with Crippen LogP contribution < -0.4 is 5.32 Å². The number of hydrogen-bond donors (Lipinski definition) is 8. The first-order valence-electron chi connectivity index (χ1n) is 22.4. The SMILES string of the molecule is CCCCCCCCCCCCCCCCCCCC(O)C(=O)NC(COC1OC(CO)C(O)C(O)C1O)C(O)C(O)CCCCCCCCCCCC. The van der Waals surface area contributed by atoms with Crippen molar-refractivity contribution in [1.82, 2.24) is 5.32 Å². The molecule has 1 aliphatic heterocycles. The summed E-state index contributed by atoms with van der Waals surface area (Å²) in [6.45, 7) is 3.42. The van der Waals surface area contributed by atoms with Gasteiger partial charge in [0, 0.05) is 0 Å². The molecule has 1 fully saturated rings. The summed E-state index contributed by atoms with van der Waals surface area (Å²) in [5.74, 6) is -0.695. The number of nitrogens with one attached hydrogen (secondary N) is 1. The third-order valence-corrected chi connectivity index (χ3v) is 11.2. The lowest BCUT2D eigenvalue weighted by molar-refractivity contribution is -0.303. The molecule has 1 aliphatic rings. The van der Waals surface area contributed by atoms with Gasteiger partial charge in [0.25, 0.3) is 0 Å². The molecule has 1 saturated heterocycles. The highest BCUT2D eigenvalue weighted by atomic mass is 16.7. The van der Waals surface area contributed by atoms with Crippen LogP contribution in [0.2, 0.25) is 0 Å². The van der Waals surface area contributed by atoms with Crippen LogP contribution in [0.4, 0.5) is 0 Å². The molecular weight excluding hydrogens is 690 g/mol. The van der Waals surface area contributed by atoms with Gasteiger partial charge < -0.3 is 50.5 Å². The maximum atomic E-state index is 13.0. The molecule has 11 nitrogen and oxygen atoms in total. The van der Waals surface area contributed by atoms with Crippen LogP contribution >= 0.6 is 0 Å². The summed E-state index contributed by atoms with van der Waals surface area (Å²) in [6, 6.07) is -1.16. The number of carbonyl (C=O) groups is 1. The Labute approximate surface area is 329 Å². The quantitative estimate of drug-likeness (QED) is 0.0315. The van der Waals surface area contributed by atoms with E-state index in [0.717, 1.165) is 38.5 Å². The summed E-state index contributed by atoms with van der Waals surface area (Å²) in [5, 5.41) is 75.4. The van der Waals surface area contributed by atoms with Gasteiger partial charge in [-0.2, -0.15) is 0 Å². The molecule has 54 heavy (non-hydrogen) atoms. The van der Waals surface area contributed by atoms with E-state index >= 15 is 0 Å². The van der Waals surface area contributed by atoms with Crippen LogP contribution in [0.5, 0.6) is 0 Å². The summed E-state index contributed by atoms with van der Waals surface area (Å²) in [5.41, 5.74) is 0. The van der Waals surface area contributed by atoms with E-state index in [9.17, 15) is 40.5 Å². The molecule has 9 atom stereocenters. The topological polar surface area (TPSA) is 189 Å². The van der Waals surface area contributed by atoms with Crippen molar-refractivity contribution in [3.63, 3.8) is 0 Å². The van der Waals surface area contributed by atoms with E-state index in [1.807, 2.05) is 0 Å². The minimum atomic E-state index is -1.65. The molecule has 0 radical (unpaired) electrons. The Kier molecular flexibility index (Phi) is 32.4. The monoisotopic (exact) mass is 776 g/mol. The summed E-state index contributed by atoms with van der Waals surface area (Å²) < 4.78 is 11.1. The second kappa shape index (κ2) is 34.2. The van der Waals surface area contributed by atoms with Crippen LogP contribution in [0.1, 0.15) is 200 Å². The van der Waals surface area contributed by atoms with Gasteiger partial charge in [-0.05, 0) is 12.8 Å². The van der Waals surface area contributed by atoms with Gasteiger partial charge in [-0.3, -0.25) is 4.79 Å². The van der Waals surface area contributed by atoms with Gasteiger partial charge in [-0.25, -0.2) is 0 Å². The van der Waals surface area contributed by atoms with Crippen molar-refractivity contribution in [2.45, 2.75) is 255 Å². The number of amides is 1. The van der Waals surface area contributed by atoms with Gasteiger partial charge in [0.2, 0.25) is 5.91 Å². The van der Waals surface area contributed by atoms with Gasteiger partial charge in [0.05, 0.1) is 25.4 Å². The number of rotatable bonds is 37. The molecule has 0 aliphatic carbocycles. The predicted molar refractivity (Wildman–Crippen MR) is 215 cm³/mol. The molecule has 1 heterocycles. The molecule has 0 spiro atoms. The first-order chi connectivity index (χ1) is 26.2. The average molecular weight is 776 g/mol. The highest BCUT2D eigenvalue weighted by molar-refractivity contribution is 5.80. The van der Waals surface area contributed by atoms with Crippen molar-refractivity contribution in [1.29, 1.82) is 0 Å². The van der Waals surface area contributed by atoms with Crippen molar-refractivity contribution in [3.8, 4) is 0 Å². The van der Waals surface area contributed by atoms with Gasteiger partial charge in [-0.1, -0.05) is 187 Å². The number of unbranched alkanes of at least 4 members (excludes halogenated alkanes) is 25. The van der Waals surface area contributed by atoms with Crippen molar-refractivity contribution in [3.05, 3.63) is 0 Å². The number of ether oxygens (including phenoxy) is 2. The second-order valence-electron chi connectivity index (χ2n) is 16.1. The van der Waals surface area contributed by atoms with Crippen LogP contribution in [0.15, 0.2) is 0 Å². The first kappa shape index (κ1) is 51.1. The third-order valence-electron chi connectivity index (χ3n) is 11.2. The molecule has 0 aromatic rings. The van der Waals surface area contributed by atoms with Gasteiger partial charge in [0.1, 0.15) is 36.6 Å². The Hall–Kier alpha value is -0.890. The van der Waals surface area contributed by atoms with E-state index in [1.165, 1.54) is 122 Å². The Morgan fingerprint density at radius 3 is 1.37 bits per heavy atom. The van der Waals surface area contributed by atoms with Gasteiger partial charge >= 0.3 is 0 Å². The van der Waals surface area contributed by atoms with Crippen molar-refractivity contribution in [2.24, 2.45) is 0 Å². The first-order valence-corrected chi connectivity index (χ1v) is 22.4. The summed E-state index contributed by atoms with van der Waals surface area (Å²) in [7, 11) is 0. The fourth-order valence-corrected chi connectivity index (χ4v) is 7.38. The molecule has 0 bridgehead atoms. The van der Waals surface area contributed by atoms with E-state index in [2.05, 4.69) is 19.2 Å². The number of aliphatic hydroxyl groups is 7. The van der Waals surface area contributed by atoms with Crippen molar-refractivity contribution >= 4 is 5.91 Å². The molecule has 0 aromatic carbocycles. The number of aliphatic hydroxyl groups excluding tert-OH is 7. The largest absolute Gasteiger partial charge is 0.394 e. The standard InChI is InChI=1S/C43H85NO10/c1-3-5-7-9-11-13-15-16-17-18-19-20-21-23-25-27-29-31-36(47)42(52)44-34(33-53-43-41(51)40(50)39(49)37(32-45)54-43)38(48)35(46)30-28-26-24-22-14-12-10-8-6-4-2/h34-41,43,45-51H,3-33H2,1-2H3,(H,44,52). The van der Waals surface area contributed by atoms with Crippen LogP contribution in [-0.4, -0.2) is 110 Å². The second-order valence-corrected chi connectivity index (χ2v) is 16.1. The minimum Gasteiger partial charge on any atom is -0.394 e. The third kappa shape index (κ3) is 24.0. The zero-order valence-corrected chi connectivity index (χ0v) is 34.5. The molecule has 11 heteroatoms. The van der Waals surface area contributed by atoms with Gasteiger partial charge in [-0.15, -0.1) is 0 Å². The Balaban J connectivity index is 2.44. The maximum Gasteiger partial charge on any atom is 0.249 e. The fraction of sp³-hybridized carbons (Fsp3) is 0.977. The Morgan fingerprint density at radius 1 is 0.574 bits per heavy atom. The van der Waals surface area contributed by atoms with E-state index in [4.69, 9.17) is 9.47 Å². The molecule has 0 saturated carbocycles. The molecule has 1 rings (SSSR count). The lowest BCUT2D eigenvalue weighted by Crippen LogP contribution is -2.60. The summed E-state index contributed by atoms with van der Waals surface area (Å²) in [4.78, 5) is 13.0. The molecular formula is C43H85NO10. The molecule has 322 valence electrons. The van der Waals surface area contributed by atoms with E-state index in [1.54, 1.807) is 0 Å². The van der Waals surface area contributed by atoms with E-state index in [-0.39, 0.29) is 6.42 Å². The van der Waals surface area contributed by atoms with E-state index in [0.29, 0.717) is 19.3 Å². The summed E-state index contributed by atoms with van der Waals surface area (Å²) in [6.07, 6.45) is 21.6. The minimum absolute atomic E-state index is 0.266. The smallest absolute Gasteiger partial charge is 0.249 e. The molecule has 0 aromatic heterocycles. The molecule has 8 N–H and O–H groups in total. The lowest BCUT2D eigenvalue weighted by Gasteiger charge is -2.40. The normalized spacial score (nSPS) is 22.6. The van der Waals surface area contributed by atoms with Crippen LogP contribution in [0.25, 0.3) is 0 Å².